The van der Waals surface area contributed by atoms with Gasteiger partial charge in [0.2, 0.25) is 17.7 Å². The molecule has 160 valence electrons. The zero-order valence-corrected chi connectivity index (χ0v) is 16.5. The van der Waals surface area contributed by atoms with Gasteiger partial charge in [-0.05, 0) is 37.4 Å². The van der Waals surface area contributed by atoms with Crippen molar-refractivity contribution in [3.8, 4) is 0 Å². The van der Waals surface area contributed by atoms with Crippen LogP contribution in [0.25, 0.3) is 0 Å². The predicted molar refractivity (Wildman–Crippen MR) is 105 cm³/mol. The minimum Gasteiger partial charge on any atom is -0.406 e. The van der Waals surface area contributed by atoms with Gasteiger partial charge < -0.3 is 15.1 Å². The summed E-state index contributed by atoms with van der Waals surface area (Å²) in [6.45, 7) is 1.09. The average molecular weight is 424 g/mol. The molecule has 0 bridgehead atoms. The Kier molecular flexibility index (Phi) is 4.74. The highest BCUT2D eigenvalue weighted by molar-refractivity contribution is 6.24. The van der Waals surface area contributed by atoms with E-state index in [9.17, 15) is 19.2 Å². The van der Waals surface area contributed by atoms with E-state index in [0.717, 1.165) is 24.3 Å². The van der Waals surface area contributed by atoms with Gasteiger partial charge >= 0.3 is 6.01 Å². The number of anilines is 1. The van der Waals surface area contributed by atoms with Crippen LogP contribution in [0.3, 0.4) is 0 Å². The molecule has 5 rings (SSSR count). The zero-order valence-electron chi connectivity index (χ0n) is 16.5. The Labute approximate surface area is 176 Å². The summed E-state index contributed by atoms with van der Waals surface area (Å²) in [5, 5.41) is 16.5. The van der Waals surface area contributed by atoms with Gasteiger partial charge in [0.05, 0.1) is 17.2 Å². The molecule has 3 N–H and O–H groups in total. The van der Waals surface area contributed by atoms with Crippen LogP contribution in [0.15, 0.2) is 22.6 Å². The van der Waals surface area contributed by atoms with E-state index in [2.05, 4.69) is 26.1 Å². The number of nitrogens with one attached hydrogen (secondary N) is 3. The number of carbonyl (C=O) groups is 4. The molecule has 3 aliphatic rings. The van der Waals surface area contributed by atoms with Crippen molar-refractivity contribution >= 4 is 29.6 Å². The third-order valence-electron chi connectivity index (χ3n) is 5.78. The Morgan fingerprint density at radius 3 is 2.77 bits per heavy atom. The summed E-state index contributed by atoms with van der Waals surface area (Å²) in [6.07, 6.45) is 2.17. The molecule has 3 aliphatic heterocycles. The number of imide groups is 2. The van der Waals surface area contributed by atoms with Gasteiger partial charge in [0.1, 0.15) is 6.04 Å². The SMILES string of the molecule is O=C1CCC(N2C(=O)c3cccc(CNc4nnc(C5CCCN5)o4)c3C2=O)C(=O)N1. The van der Waals surface area contributed by atoms with Gasteiger partial charge in [-0.2, -0.15) is 0 Å². The largest absolute Gasteiger partial charge is 0.406 e. The van der Waals surface area contributed by atoms with Crippen molar-refractivity contribution in [1.82, 2.24) is 25.7 Å². The standard InChI is InChI=1S/C20H20N6O5/c27-14-7-6-13(16(28)23-14)26-18(29)11-4-1-3-10(15(11)19(26)30)9-22-20-25-24-17(31-20)12-5-2-8-21-12/h1,3-4,12-13,21H,2,5-9H2,(H,22,25)(H,23,27,28). The topological polar surface area (TPSA) is 147 Å². The third-order valence-corrected chi connectivity index (χ3v) is 5.78. The smallest absolute Gasteiger partial charge is 0.315 e. The summed E-state index contributed by atoms with van der Waals surface area (Å²) < 4.78 is 5.65. The number of hydrogen-bond acceptors (Lipinski definition) is 9. The number of fused-ring (bicyclic) bond motifs is 1. The third kappa shape index (κ3) is 3.36. The highest BCUT2D eigenvalue weighted by Gasteiger charge is 2.45. The molecule has 2 unspecified atom stereocenters. The first-order chi connectivity index (χ1) is 15.0. The maximum absolute atomic E-state index is 13.1. The van der Waals surface area contributed by atoms with Gasteiger partial charge in [-0.3, -0.25) is 29.4 Å². The Morgan fingerprint density at radius 1 is 1.13 bits per heavy atom. The molecule has 1 aromatic heterocycles. The van der Waals surface area contributed by atoms with Gasteiger partial charge in [0.25, 0.3) is 11.8 Å². The number of carbonyl (C=O) groups excluding carboxylic acids is 4. The van der Waals surface area contributed by atoms with Crippen LogP contribution in [-0.2, 0) is 16.1 Å². The highest BCUT2D eigenvalue weighted by Crippen LogP contribution is 2.30. The van der Waals surface area contributed by atoms with Crippen LogP contribution in [0, 0.1) is 0 Å². The summed E-state index contributed by atoms with van der Waals surface area (Å²) in [5.41, 5.74) is 1.04. The minimum atomic E-state index is -0.997. The fraction of sp³-hybridized carbons (Fsp3) is 0.400. The normalized spacial score (nSPS) is 23.3. The molecule has 11 nitrogen and oxygen atoms in total. The molecule has 4 heterocycles. The fourth-order valence-corrected chi connectivity index (χ4v) is 4.25. The molecule has 2 fully saturated rings. The summed E-state index contributed by atoms with van der Waals surface area (Å²) in [4.78, 5) is 50.6. The quantitative estimate of drug-likeness (QED) is 0.584. The van der Waals surface area contributed by atoms with Crippen molar-refractivity contribution in [3.63, 3.8) is 0 Å². The first-order valence-corrected chi connectivity index (χ1v) is 10.2. The minimum absolute atomic E-state index is 0.0466. The summed E-state index contributed by atoms with van der Waals surface area (Å²) in [7, 11) is 0. The average Bonchev–Trinajstić information content (AvgIpc) is 3.49. The number of nitrogens with zero attached hydrogens (tertiary/aromatic N) is 3. The van der Waals surface area contributed by atoms with E-state index in [4.69, 9.17) is 4.42 Å². The summed E-state index contributed by atoms with van der Waals surface area (Å²) in [5.74, 6) is -1.62. The van der Waals surface area contributed by atoms with Gasteiger partial charge in [-0.25, -0.2) is 0 Å². The monoisotopic (exact) mass is 424 g/mol. The fourth-order valence-electron chi connectivity index (χ4n) is 4.25. The van der Waals surface area contributed by atoms with Crippen LogP contribution in [0.1, 0.15) is 63.9 Å². The van der Waals surface area contributed by atoms with Crippen molar-refractivity contribution in [3.05, 3.63) is 40.8 Å². The lowest BCUT2D eigenvalue weighted by atomic mass is 10.0. The Hall–Kier alpha value is -3.60. The van der Waals surface area contributed by atoms with E-state index >= 15 is 0 Å². The van der Waals surface area contributed by atoms with Crippen molar-refractivity contribution in [2.75, 3.05) is 11.9 Å². The molecule has 11 heteroatoms. The zero-order chi connectivity index (χ0) is 21.5. The first kappa shape index (κ1) is 19.4. The number of amides is 4. The second-order valence-electron chi connectivity index (χ2n) is 7.73. The van der Waals surface area contributed by atoms with Gasteiger partial charge in [0.15, 0.2) is 0 Å². The van der Waals surface area contributed by atoms with E-state index in [1.807, 2.05) is 0 Å². The molecule has 0 aliphatic carbocycles. The molecule has 4 amide bonds. The Balaban J connectivity index is 1.34. The van der Waals surface area contributed by atoms with E-state index in [0.29, 0.717) is 11.5 Å². The molecule has 0 saturated carbocycles. The first-order valence-electron chi connectivity index (χ1n) is 10.2. The van der Waals surface area contributed by atoms with Crippen LogP contribution >= 0.6 is 0 Å². The number of rotatable bonds is 5. The predicted octanol–water partition coefficient (Wildman–Crippen LogP) is 0.507. The van der Waals surface area contributed by atoms with Crippen molar-refractivity contribution < 1.29 is 23.6 Å². The summed E-state index contributed by atoms with van der Waals surface area (Å²) in [6, 6.07) is 4.23. The molecular formula is C20H20N6O5. The van der Waals surface area contributed by atoms with Crippen LogP contribution in [0.2, 0.25) is 0 Å². The Bertz CT molecular complexity index is 1090. The van der Waals surface area contributed by atoms with E-state index < -0.39 is 29.7 Å². The lowest BCUT2D eigenvalue weighted by Crippen LogP contribution is -2.54. The number of piperidine rings is 1. The van der Waals surface area contributed by atoms with Crippen molar-refractivity contribution in [1.29, 1.82) is 0 Å². The molecular weight excluding hydrogens is 404 g/mol. The second kappa shape index (κ2) is 7.58. The van der Waals surface area contributed by atoms with Gasteiger partial charge in [0, 0.05) is 13.0 Å². The maximum atomic E-state index is 13.1. The van der Waals surface area contributed by atoms with Crippen molar-refractivity contribution in [2.24, 2.45) is 0 Å². The lowest BCUT2D eigenvalue weighted by molar-refractivity contribution is -0.136. The number of hydrogen-bond donors (Lipinski definition) is 3. The Morgan fingerprint density at radius 2 is 2.00 bits per heavy atom. The molecule has 1 aromatic carbocycles. The molecule has 2 saturated heterocycles. The molecule has 0 spiro atoms. The molecule has 2 atom stereocenters. The van der Waals surface area contributed by atoms with Crippen LogP contribution in [-0.4, -0.2) is 51.3 Å². The number of benzene rings is 1. The summed E-state index contributed by atoms with van der Waals surface area (Å²) >= 11 is 0. The van der Waals surface area contributed by atoms with Gasteiger partial charge in [-0.15, -0.1) is 5.10 Å². The van der Waals surface area contributed by atoms with Gasteiger partial charge in [-0.1, -0.05) is 17.2 Å². The van der Waals surface area contributed by atoms with E-state index in [1.165, 1.54) is 0 Å². The van der Waals surface area contributed by atoms with Crippen LogP contribution < -0.4 is 16.0 Å². The number of aromatic nitrogens is 2. The van der Waals surface area contributed by atoms with Crippen LogP contribution in [0.5, 0.6) is 0 Å². The highest BCUT2D eigenvalue weighted by atomic mass is 16.4. The molecule has 0 radical (unpaired) electrons. The van der Waals surface area contributed by atoms with Crippen LogP contribution in [0.4, 0.5) is 6.01 Å². The molecule has 2 aromatic rings. The molecule has 31 heavy (non-hydrogen) atoms. The maximum Gasteiger partial charge on any atom is 0.315 e. The lowest BCUT2D eigenvalue weighted by Gasteiger charge is -2.27. The van der Waals surface area contributed by atoms with E-state index in [-0.39, 0.29) is 42.6 Å². The van der Waals surface area contributed by atoms with E-state index in [1.54, 1.807) is 18.2 Å². The second-order valence-corrected chi connectivity index (χ2v) is 7.73. The van der Waals surface area contributed by atoms with Crippen molar-refractivity contribution in [2.45, 2.75) is 44.3 Å².